The second-order valence-electron chi connectivity index (χ2n) is 4.83. The first-order valence-electron chi connectivity index (χ1n) is 6.21. The monoisotopic (exact) mass is 290 g/mol. The number of alkyl halides is 1. The highest BCUT2D eigenvalue weighted by Gasteiger charge is 2.16. The van der Waals surface area contributed by atoms with Gasteiger partial charge in [0.25, 0.3) is 0 Å². The van der Waals surface area contributed by atoms with Gasteiger partial charge in [-0.15, -0.1) is 22.9 Å². The van der Waals surface area contributed by atoms with Gasteiger partial charge in [0.2, 0.25) is 0 Å². The maximum absolute atomic E-state index is 6.02. The minimum Gasteiger partial charge on any atom is -0.286 e. The van der Waals surface area contributed by atoms with E-state index in [1.54, 1.807) is 11.3 Å². The predicted octanol–water partition coefficient (Wildman–Crippen LogP) is 4.73. The molecule has 2 nitrogen and oxygen atoms in total. The van der Waals surface area contributed by atoms with E-state index in [0.29, 0.717) is 5.88 Å². The molecule has 0 bridgehead atoms. The van der Waals surface area contributed by atoms with Crippen LogP contribution in [0, 0.1) is 20.8 Å². The van der Waals surface area contributed by atoms with Crippen molar-refractivity contribution in [1.29, 1.82) is 0 Å². The molecule has 19 heavy (non-hydrogen) atoms. The molecular weight excluding hydrogens is 276 g/mol. The lowest BCUT2D eigenvalue weighted by atomic mass is 10.0. The summed E-state index contributed by atoms with van der Waals surface area (Å²) >= 11 is 7.74. The zero-order valence-corrected chi connectivity index (χ0v) is 12.8. The van der Waals surface area contributed by atoms with Gasteiger partial charge in [0.1, 0.15) is 0 Å². The molecule has 4 heteroatoms. The molecule has 0 aliphatic carbocycles. The first kappa shape index (κ1) is 12.7. The fourth-order valence-corrected chi connectivity index (χ4v) is 3.67. The largest absolute Gasteiger partial charge is 0.286 e. The van der Waals surface area contributed by atoms with Crippen molar-refractivity contribution < 1.29 is 0 Å². The first-order chi connectivity index (χ1) is 9.11. The number of benzene rings is 1. The normalized spacial score (nSPS) is 11.4. The van der Waals surface area contributed by atoms with Crippen LogP contribution < -0.4 is 0 Å². The van der Waals surface area contributed by atoms with Gasteiger partial charge in [0.05, 0.1) is 23.5 Å². The van der Waals surface area contributed by atoms with E-state index in [4.69, 9.17) is 11.6 Å². The molecule has 0 aliphatic rings. The summed E-state index contributed by atoms with van der Waals surface area (Å²) in [5.74, 6) is 0.481. The van der Waals surface area contributed by atoms with Crippen molar-refractivity contribution in [2.45, 2.75) is 26.7 Å². The van der Waals surface area contributed by atoms with E-state index in [-0.39, 0.29) is 0 Å². The third-order valence-corrected chi connectivity index (χ3v) is 4.62. The molecule has 2 heterocycles. The van der Waals surface area contributed by atoms with Crippen molar-refractivity contribution in [2.75, 3.05) is 0 Å². The first-order valence-corrected chi connectivity index (χ1v) is 7.56. The molecule has 3 aromatic rings. The molecule has 0 atom stereocenters. The maximum atomic E-state index is 6.02. The highest BCUT2D eigenvalue weighted by Crippen LogP contribution is 2.34. The highest BCUT2D eigenvalue weighted by atomic mass is 35.5. The van der Waals surface area contributed by atoms with E-state index >= 15 is 0 Å². The summed E-state index contributed by atoms with van der Waals surface area (Å²) in [4.78, 5) is 6.74. The molecule has 0 radical (unpaired) electrons. The SMILES string of the molecule is Cc1ccc(-c2c(C)sc3ncc(CCl)n23)c(C)c1. The van der Waals surface area contributed by atoms with Gasteiger partial charge >= 0.3 is 0 Å². The predicted molar refractivity (Wildman–Crippen MR) is 82.3 cm³/mol. The third kappa shape index (κ3) is 1.97. The quantitative estimate of drug-likeness (QED) is 0.624. The van der Waals surface area contributed by atoms with Gasteiger partial charge in [0, 0.05) is 10.4 Å². The van der Waals surface area contributed by atoms with Gasteiger partial charge < -0.3 is 0 Å². The van der Waals surface area contributed by atoms with E-state index in [1.807, 2.05) is 6.20 Å². The van der Waals surface area contributed by atoms with Crippen LogP contribution in [0.1, 0.15) is 21.7 Å². The van der Waals surface area contributed by atoms with Crippen molar-refractivity contribution in [3.05, 3.63) is 46.1 Å². The van der Waals surface area contributed by atoms with Crippen LogP contribution in [0.3, 0.4) is 0 Å². The van der Waals surface area contributed by atoms with E-state index in [2.05, 4.69) is 48.4 Å². The minimum atomic E-state index is 0.481. The number of thiazole rings is 1. The second kappa shape index (κ2) is 4.66. The molecule has 0 aliphatic heterocycles. The average Bonchev–Trinajstić information content (AvgIpc) is 2.88. The molecule has 0 saturated heterocycles. The van der Waals surface area contributed by atoms with Crippen LogP contribution in [-0.4, -0.2) is 9.38 Å². The van der Waals surface area contributed by atoms with Crippen molar-refractivity contribution >= 4 is 27.9 Å². The Labute approximate surface area is 121 Å². The van der Waals surface area contributed by atoms with Gasteiger partial charge in [-0.3, -0.25) is 4.40 Å². The number of rotatable bonds is 2. The van der Waals surface area contributed by atoms with Crippen LogP contribution in [-0.2, 0) is 5.88 Å². The zero-order valence-electron chi connectivity index (χ0n) is 11.2. The van der Waals surface area contributed by atoms with Crippen LogP contribution in [0.15, 0.2) is 24.4 Å². The summed E-state index contributed by atoms with van der Waals surface area (Å²) in [6, 6.07) is 6.56. The Balaban J connectivity index is 2.34. The summed E-state index contributed by atoms with van der Waals surface area (Å²) < 4.78 is 2.19. The van der Waals surface area contributed by atoms with Gasteiger partial charge in [-0.05, 0) is 26.3 Å². The molecule has 0 unspecified atom stereocenters. The molecular formula is C15H15ClN2S. The fraction of sp³-hybridized carbons (Fsp3) is 0.267. The number of hydrogen-bond donors (Lipinski definition) is 0. The average molecular weight is 291 g/mol. The van der Waals surface area contributed by atoms with E-state index in [9.17, 15) is 0 Å². The molecule has 98 valence electrons. The molecule has 0 spiro atoms. The summed E-state index contributed by atoms with van der Waals surface area (Å²) in [5, 5.41) is 0. The Kier molecular flexibility index (Phi) is 3.11. The van der Waals surface area contributed by atoms with E-state index in [1.165, 1.54) is 27.3 Å². The number of fused-ring (bicyclic) bond motifs is 1. The molecule has 1 aromatic carbocycles. The van der Waals surface area contributed by atoms with Crippen LogP contribution in [0.5, 0.6) is 0 Å². The molecule has 0 fully saturated rings. The fourth-order valence-electron chi connectivity index (χ4n) is 2.51. The van der Waals surface area contributed by atoms with E-state index in [0.717, 1.165) is 10.7 Å². The lowest BCUT2D eigenvalue weighted by Crippen LogP contribution is -1.94. The zero-order chi connectivity index (χ0) is 13.6. The maximum Gasteiger partial charge on any atom is 0.194 e. The van der Waals surface area contributed by atoms with Crippen LogP contribution >= 0.6 is 22.9 Å². The highest BCUT2D eigenvalue weighted by molar-refractivity contribution is 7.17. The van der Waals surface area contributed by atoms with Crippen molar-refractivity contribution in [3.8, 4) is 11.3 Å². The number of nitrogens with zero attached hydrogens (tertiary/aromatic N) is 2. The second-order valence-corrected chi connectivity index (χ2v) is 6.28. The lowest BCUT2D eigenvalue weighted by Gasteiger charge is -2.09. The number of aryl methyl sites for hydroxylation is 3. The Morgan fingerprint density at radius 3 is 2.74 bits per heavy atom. The molecule has 0 saturated carbocycles. The topological polar surface area (TPSA) is 17.3 Å². The van der Waals surface area contributed by atoms with Gasteiger partial charge in [-0.1, -0.05) is 23.8 Å². The Morgan fingerprint density at radius 2 is 2.05 bits per heavy atom. The smallest absolute Gasteiger partial charge is 0.194 e. The Hall–Kier alpha value is -1.32. The number of hydrogen-bond acceptors (Lipinski definition) is 2. The van der Waals surface area contributed by atoms with Crippen molar-refractivity contribution in [1.82, 2.24) is 9.38 Å². The van der Waals surface area contributed by atoms with Crippen LogP contribution in [0.25, 0.3) is 16.2 Å². The summed E-state index contributed by atoms with van der Waals surface area (Å²) in [6.07, 6.45) is 1.87. The summed E-state index contributed by atoms with van der Waals surface area (Å²) in [6.45, 7) is 6.42. The number of imidazole rings is 1. The molecule has 3 rings (SSSR count). The van der Waals surface area contributed by atoms with Crippen molar-refractivity contribution in [2.24, 2.45) is 0 Å². The van der Waals surface area contributed by atoms with E-state index < -0.39 is 0 Å². The minimum absolute atomic E-state index is 0.481. The van der Waals surface area contributed by atoms with Crippen molar-refractivity contribution in [3.63, 3.8) is 0 Å². The van der Waals surface area contributed by atoms with Crippen LogP contribution in [0.4, 0.5) is 0 Å². The van der Waals surface area contributed by atoms with Gasteiger partial charge in [-0.2, -0.15) is 0 Å². The molecule has 0 N–H and O–H groups in total. The number of aromatic nitrogens is 2. The summed E-state index contributed by atoms with van der Waals surface area (Å²) in [7, 11) is 0. The van der Waals surface area contributed by atoms with Gasteiger partial charge in [0.15, 0.2) is 4.96 Å². The Bertz CT molecular complexity index is 755. The number of halogens is 1. The summed E-state index contributed by atoms with van der Waals surface area (Å²) in [5.41, 5.74) is 6.12. The Morgan fingerprint density at radius 1 is 1.26 bits per heavy atom. The van der Waals surface area contributed by atoms with Gasteiger partial charge in [-0.25, -0.2) is 4.98 Å². The molecule has 0 amide bonds. The third-order valence-electron chi connectivity index (χ3n) is 3.38. The van der Waals surface area contributed by atoms with Crippen LogP contribution in [0.2, 0.25) is 0 Å². The lowest BCUT2D eigenvalue weighted by molar-refractivity contribution is 1.11. The standard InChI is InChI=1S/C15H15ClN2S/c1-9-4-5-13(10(2)6-9)14-11(3)19-15-17-8-12(7-16)18(14)15/h4-6,8H,7H2,1-3H3. The molecule has 2 aromatic heterocycles.